The van der Waals surface area contributed by atoms with Crippen LogP contribution in [0.2, 0.25) is 0 Å². The van der Waals surface area contributed by atoms with Crippen molar-refractivity contribution >= 4 is 15.8 Å². The molecule has 22 heavy (non-hydrogen) atoms. The summed E-state index contributed by atoms with van der Waals surface area (Å²) < 4.78 is 41.7. The third-order valence-electron chi connectivity index (χ3n) is 3.89. The number of hydrogen-bond acceptors (Lipinski definition) is 5. The first-order valence-corrected chi connectivity index (χ1v) is 8.88. The van der Waals surface area contributed by atoms with Gasteiger partial charge in [0.25, 0.3) is 0 Å². The number of aryl methyl sites for hydroxylation is 1. The average Bonchev–Trinajstić information content (AvgIpc) is 2.60. The topological polar surface area (TPSA) is 63.7 Å². The number of carbonyl (C=O) groups is 1. The number of carbonyl (C=O) groups excluding carboxylic acids is 1. The van der Waals surface area contributed by atoms with Gasteiger partial charge in [0.1, 0.15) is 5.82 Å². The molecule has 1 aromatic carbocycles. The number of esters is 1. The van der Waals surface area contributed by atoms with Gasteiger partial charge in [-0.05, 0) is 30.2 Å². The van der Waals surface area contributed by atoms with Crippen LogP contribution < -0.4 is 0 Å². The number of benzene rings is 1. The number of sulfone groups is 1. The molecule has 1 aromatic rings. The van der Waals surface area contributed by atoms with Crippen molar-refractivity contribution in [2.45, 2.75) is 13.5 Å². The Morgan fingerprint density at radius 2 is 2.18 bits per heavy atom. The van der Waals surface area contributed by atoms with Crippen molar-refractivity contribution in [3.63, 3.8) is 0 Å². The van der Waals surface area contributed by atoms with E-state index in [1.165, 1.54) is 19.2 Å². The summed E-state index contributed by atoms with van der Waals surface area (Å²) in [5.74, 6) is -1.66. The second-order valence-electron chi connectivity index (χ2n) is 5.64. The normalized spacial score (nSPS) is 22.0. The Bertz CT molecular complexity index is 660. The monoisotopic (exact) mass is 329 g/mol. The summed E-state index contributed by atoms with van der Waals surface area (Å²) in [6, 6.07) is 4.52. The predicted molar refractivity (Wildman–Crippen MR) is 80.6 cm³/mol. The number of methoxy groups -OCH3 is 1. The Labute approximate surface area is 130 Å². The lowest BCUT2D eigenvalue weighted by molar-refractivity contribution is -0.145. The summed E-state index contributed by atoms with van der Waals surface area (Å²) in [6.07, 6.45) is 0. The molecule has 0 aliphatic carbocycles. The van der Waals surface area contributed by atoms with Crippen LogP contribution in [0.25, 0.3) is 0 Å². The minimum atomic E-state index is -3.27. The van der Waals surface area contributed by atoms with Crippen LogP contribution in [0.1, 0.15) is 11.1 Å². The molecule has 0 amide bonds. The summed E-state index contributed by atoms with van der Waals surface area (Å²) in [4.78, 5) is 13.7. The third kappa shape index (κ3) is 4.27. The molecule has 0 radical (unpaired) electrons. The molecule has 1 aliphatic rings. The summed E-state index contributed by atoms with van der Waals surface area (Å²) in [5.41, 5.74) is 1.73. The largest absolute Gasteiger partial charge is 0.469 e. The highest BCUT2D eigenvalue weighted by molar-refractivity contribution is 7.91. The van der Waals surface area contributed by atoms with Gasteiger partial charge >= 0.3 is 5.97 Å². The van der Waals surface area contributed by atoms with Crippen molar-refractivity contribution in [3.05, 3.63) is 35.1 Å². The molecule has 1 unspecified atom stereocenters. The van der Waals surface area contributed by atoms with Crippen molar-refractivity contribution in [2.75, 3.05) is 31.7 Å². The first-order valence-electron chi connectivity index (χ1n) is 7.06. The van der Waals surface area contributed by atoms with Gasteiger partial charge in [-0.2, -0.15) is 0 Å². The molecule has 1 fully saturated rings. The molecule has 7 heteroatoms. The molecule has 5 nitrogen and oxygen atoms in total. The number of rotatable bonds is 3. The van der Waals surface area contributed by atoms with Gasteiger partial charge in [-0.3, -0.25) is 9.69 Å². The van der Waals surface area contributed by atoms with Crippen LogP contribution in [-0.4, -0.2) is 51.0 Å². The fraction of sp³-hybridized carbons (Fsp3) is 0.533. The average molecular weight is 329 g/mol. The van der Waals surface area contributed by atoms with Gasteiger partial charge in [0.15, 0.2) is 9.84 Å². The number of halogens is 1. The van der Waals surface area contributed by atoms with Crippen LogP contribution in [0.3, 0.4) is 0 Å². The van der Waals surface area contributed by atoms with Crippen molar-refractivity contribution < 1.29 is 22.3 Å². The Kier molecular flexibility index (Phi) is 5.18. The molecule has 1 saturated heterocycles. The van der Waals surface area contributed by atoms with Crippen molar-refractivity contribution in [2.24, 2.45) is 5.92 Å². The summed E-state index contributed by atoms with van der Waals surface area (Å²) >= 11 is 0. The zero-order valence-corrected chi connectivity index (χ0v) is 13.5. The first-order chi connectivity index (χ1) is 10.3. The zero-order chi connectivity index (χ0) is 16.3. The molecular formula is C15H20FNO4S. The van der Waals surface area contributed by atoms with E-state index in [-0.39, 0.29) is 17.3 Å². The Morgan fingerprint density at radius 1 is 1.45 bits per heavy atom. The Hall–Kier alpha value is -1.47. The van der Waals surface area contributed by atoms with E-state index < -0.39 is 21.7 Å². The third-order valence-corrected chi connectivity index (χ3v) is 5.60. The van der Waals surface area contributed by atoms with E-state index in [9.17, 15) is 17.6 Å². The van der Waals surface area contributed by atoms with Crippen LogP contribution in [0.15, 0.2) is 18.2 Å². The van der Waals surface area contributed by atoms with E-state index >= 15 is 0 Å². The SMILES string of the molecule is COC(=O)C1CN(Cc2ccc(F)cc2C)CCS(=O)(=O)C1. The molecule has 122 valence electrons. The highest BCUT2D eigenvalue weighted by atomic mass is 32.2. The van der Waals surface area contributed by atoms with Crippen LogP contribution in [0.4, 0.5) is 4.39 Å². The Balaban J connectivity index is 2.17. The van der Waals surface area contributed by atoms with E-state index in [2.05, 4.69) is 0 Å². The lowest BCUT2D eigenvalue weighted by atomic mass is 10.1. The maximum Gasteiger partial charge on any atom is 0.310 e. The van der Waals surface area contributed by atoms with E-state index in [4.69, 9.17) is 4.74 Å². The van der Waals surface area contributed by atoms with Gasteiger partial charge in [-0.1, -0.05) is 6.07 Å². The van der Waals surface area contributed by atoms with Gasteiger partial charge in [0.05, 0.1) is 24.5 Å². The molecule has 0 bridgehead atoms. The van der Waals surface area contributed by atoms with Gasteiger partial charge in [-0.15, -0.1) is 0 Å². The van der Waals surface area contributed by atoms with Crippen LogP contribution in [-0.2, 0) is 25.9 Å². The van der Waals surface area contributed by atoms with Gasteiger partial charge in [0.2, 0.25) is 0 Å². The van der Waals surface area contributed by atoms with Crippen molar-refractivity contribution in [3.8, 4) is 0 Å². The lowest BCUT2D eigenvalue weighted by Gasteiger charge is -2.23. The maximum atomic E-state index is 13.2. The smallest absolute Gasteiger partial charge is 0.310 e. The van der Waals surface area contributed by atoms with E-state index in [0.29, 0.717) is 19.6 Å². The van der Waals surface area contributed by atoms with Gasteiger partial charge in [0, 0.05) is 19.6 Å². The second-order valence-corrected chi connectivity index (χ2v) is 7.87. The lowest BCUT2D eigenvalue weighted by Crippen LogP contribution is -2.34. The highest BCUT2D eigenvalue weighted by Gasteiger charge is 2.32. The zero-order valence-electron chi connectivity index (χ0n) is 12.7. The van der Waals surface area contributed by atoms with E-state index in [1.54, 1.807) is 6.07 Å². The van der Waals surface area contributed by atoms with Crippen molar-refractivity contribution in [1.29, 1.82) is 0 Å². The summed E-state index contributed by atoms with van der Waals surface area (Å²) in [6.45, 7) is 2.97. The molecule has 0 aromatic heterocycles. The summed E-state index contributed by atoms with van der Waals surface area (Å²) in [5, 5.41) is 0. The fourth-order valence-corrected chi connectivity index (χ4v) is 4.20. The molecule has 2 rings (SSSR count). The van der Waals surface area contributed by atoms with Gasteiger partial charge < -0.3 is 4.74 Å². The van der Waals surface area contributed by atoms with Crippen molar-refractivity contribution in [1.82, 2.24) is 4.90 Å². The minimum Gasteiger partial charge on any atom is -0.469 e. The molecule has 1 heterocycles. The minimum absolute atomic E-state index is 0.0146. The highest BCUT2D eigenvalue weighted by Crippen LogP contribution is 2.18. The maximum absolute atomic E-state index is 13.2. The molecule has 0 saturated carbocycles. The fourth-order valence-electron chi connectivity index (χ4n) is 2.64. The first kappa shape index (κ1) is 16.9. The number of nitrogens with zero attached hydrogens (tertiary/aromatic N) is 1. The second kappa shape index (κ2) is 6.75. The molecule has 1 aliphatic heterocycles. The number of hydrogen-bond donors (Lipinski definition) is 0. The molecule has 0 N–H and O–H groups in total. The number of ether oxygens (including phenoxy) is 1. The van der Waals surface area contributed by atoms with Crippen LogP contribution >= 0.6 is 0 Å². The quantitative estimate of drug-likeness (QED) is 0.779. The molecular weight excluding hydrogens is 309 g/mol. The molecule has 0 spiro atoms. The standard InChI is InChI=1S/C15H20FNO4S/c1-11-7-14(16)4-3-12(11)8-17-5-6-22(19,20)10-13(9-17)15(18)21-2/h3-4,7,13H,5-6,8-10H2,1-2H3. The summed E-state index contributed by atoms with van der Waals surface area (Å²) in [7, 11) is -2.01. The van der Waals surface area contributed by atoms with Gasteiger partial charge in [-0.25, -0.2) is 12.8 Å². The van der Waals surface area contributed by atoms with E-state index in [0.717, 1.165) is 11.1 Å². The van der Waals surface area contributed by atoms with Crippen LogP contribution in [0.5, 0.6) is 0 Å². The van der Waals surface area contributed by atoms with E-state index in [1.807, 2.05) is 11.8 Å². The Morgan fingerprint density at radius 3 is 2.82 bits per heavy atom. The van der Waals surface area contributed by atoms with Crippen LogP contribution in [0, 0.1) is 18.7 Å². The molecule has 1 atom stereocenters. The predicted octanol–water partition coefficient (Wildman–Crippen LogP) is 1.15.